The molecule has 23 heavy (non-hydrogen) atoms. The molecule has 0 radical (unpaired) electrons. The van der Waals surface area contributed by atoms with Crippen LogP contribution < -0.4 is 20.1 Å². The van der Waals surface area contributed by atoms with Gasteiger partial charge in [0.1, 0.15) is 17.9 Å². The Morgan fingerprint density at radius 2 is 1.87 bits per heavy atom. The second-order valence-electron chi connectivity index (χ2n) is 5.30. The van der Waals surface area contributed by atoms with E-state index in [1.54, 1.807) is 18.2 Å². The average molecular weight is 323 g/mol. The van der Waals surface area contributed by atoms with E-state index >= 15 is 0 Å². The summed E-state index contributed by atoms with van der Waals surface area (Å²) in [5, 5.41) is 5.39. The molecule has 0 aliphatic rings. The highest BCUT2D eigenvalue weighted by molar-refractivity contribution is 6.04. The van der Waals surface area contributed by atoms with Gasteiger partial charge in [0.05, 0.1) is 19.9 Å². The molecule has 0 bridgehead atoms. The molecular formula is C16H25N3O4. The number of methoxy groups -OCH3 is 2. The first-order valence-electron chi connectivity index (χ1n) is 7.39. The maximum absolute atomic E-state index is 12.0. The molecule has 0 unspecified atom stereocenters. The van der Waals surface area contributed by atoms with Gasteiger partial charge in [-0.15, -0.1) is 0 Å². The molecule has 0 saturated heterocycles. The van der Waals surface area contributed by atoms with Crippen LogP contribution in [0.5, 0.6) is 11.5 Å². The van der Waals surface area contributed by atoms with E-state index in [-0.39, 0.29) is 12.3 Å². The van der Waals surface area contributed by atoms with Crippen LogP contribution in [0.25, 0.3) is 0 Å². The number of hydrogen-bond donors (Lipinski definition) is 2. The van der Waals surface area contributed by atoms with Crippen molar-refractivity contribution in [1.82, 2.24) is 10.2 Å². The standard InChI is InChI=1S/C16H25N3O4/c1-19(2)9-5-8-17-15(20)11-16(21)18-13-10-12(22-3)6-7-14(13)23-4/h6-7,10H,5,8-9,11H2,1-4H3,(H,17,20)(H,18,21). The van der Waals surface area contributed by atoms with Crippen molar-refractivity contribution < 1.29 is 19.1 Å². The Bertz CT molecular complexity index is 532. The number of anilines is 1. The minimum absolute atomic E-state index is 0.234. The number of benzene rings is 1. The van der Waals surface area contributed by atoms with E-state index in [0.29, 0.717) is 23.7 Å². The summed E-state index contributed by atoms with van der Waals surface area (Å²) in [6.07, 6.45) is 0.604. The van der Waals surface area contributed by atoms with Crippen molar-refractivity contribution >= 4 is 17.5 Å². The van der Waals surface area contributed by atoms with Gasteiger partial charge < -0.3 is 25.0 Å². The summed E-state index contributed by atoms with van der Waals surface area (Å²) in [5.74, 6) is 0.393. The van der Waals surface area contributed by atoms with E-state index < -0.39 is 5.91 Å². The van der Waals surface area contributed by atoms with Gasteiger partial charge in [-0.3, -0.25) is 9.59 Å². The van der Waals surface area contributed by atoms with E-state index in [1.165, 1.54) is 14.2 Å². The number of nitrogens with one attached hydrogen (secondary N) is 2. The third kappa shape index (κ3) is 7.01. The summed E-state index contributed by atoms with van der Waals surface area (Å²) < 4.78 is 10.3. The van der Waals surface area contributed by atoms with Gasteiger partial charge in [-0.1, -0.05) is 0 Å². The lowest BCUT2D eigenvalue weighted by Crippen LogP contribution is -2.30. The quantitative estimate of drug-likeness (QED) is 0.525. The van der Waals surface area contributed by atoms with Gasteiger partial charge in [0.2, 0.25) is 11.8 Å². The second kappa shape index (κ2) is 9.68. The maximum Gasteiger partial charge on any atom is 0.233 e. The third-order valence-electron chi connectivity index (χ3n) is 3.11. The Hall–Kier alpha value is -2.28. The Morgan fingerprint density at radius 3 is 2.48 bits per heavy atom. The SMILES string of the molecule is COc1ccc(OC)c(NC(=O)CC(=O)NCCCN(C)C)c1. The lowest BCUT2D eigenvalue weighted by atomic mass is 10.2. The van der Waals surface area contributed by atoms with E-state index in [0.717, 1.165) is 13.0 Å². The second-order valence-corrected chi connectivity index (χ2v) is 5.30. The molecule has 7 heteroatoms. The molecule has 128 valence electrons. The fourth-order valence-electron chi connectivity index (χ4n) is 1.94. The topological polar surface area (TPSA) is 79.9 Å². The van der Waals surface area contributed by atoms with Gasteiger partial charge in [-0.05, 0) is 39.2 Å². The predicted octanol–water partition coefficient (Wildman–Crippen LogP) is 1.10. The van der Waals surface area contributed by atoms with Gasteiger partial charge in [-0.2, -0.15) is 0 Å². The normalized spacial score (nSPS) is 10.3. The van der Waals surface area contributed by atoms with Crippen molar-refractivity contribution in [2.75, 3.05) is 46.7 Å². The van der Waals surface area contributed by atoms with Crippen LogP contribution in [-0.4, -0.2) is 58.1 Å². The largest absolute Gasteiger partial charge is 0.497 e. The van der Waals surface area contributed by atoms with E-state index in [2.05, 4.69) is 10.6 Å². The summed E-state index contributed by atoms with van der Waals surface area (Å²) in [6, 6.07) is 5.06. The smallest absolute Gasteiger partial charge is 0.233 e. The first kappa shape index (κ1) is 18.8. The number of carbonyl (C=O) groups excluding carboxylic acids is 2. The van der Waals surface area contributed by atoms with Crippen LogP contribution in [0.4, 0.5) is 5.69 Å². The molecule has 1 rings (SSSR count). The van der Waals surface area contributed by atoms with E-state index in [9.17, 15) is 9.59 Å². The van der Waals surface area contributed by atoms with Crippen molar-refractivity contribution in [2.45, 2.75) is 12.8 Å². The highest BCUT2D eigenvalue weighted by atomic mass is 16.5. The molecule has 1 aromatic carbocycles. The number of nitrogens with zero attached hydrogens (tertiary/aromatic N) is 1. The lowest BCUT2D eigenvalue weighted by molar-refractivity contribution is -0.126. The fraction of sp³-hybridized carbons (Fsp3) is 0.500. The Balaban J connectivity index is 2.48. The highest BCUT2D eigenvalue weighted by Gasteiger charge is 2.12. The van der Waals surface area contributed by atoms with Crippen LogP contribution in [0.1, 0.15) is 12.8 Å². The van der Waals surface area contributed by atoms with Crippen molar-refractivity contribution in [3.05, 3.63) is 18.2 Å². The van der Waals surface area contributed by atoms with E-state index in [1.807, 2.05) is 19.0 Å². The number of rotatable bonds is 9. The maximum atomic E-state index is 12.0. The molecule has 0 atom stereocenters. The molecule has 0 aliphatic carbocycles. The predicted molar refractivity (Wildman–Crippen MR) is 89.0 cm³/mol. The molecule has 2 N–H and O–H groups in total. The summed E-state index contributed by atoms with van der Waals surface area (Å²) in [5.41, 5.74) is 0.470. The molecular weight excluding hydrogens is 298 g/mol. The zero-order chi connectivity index (χ0) is 17.2. The number of hydrogen-bond acceptors (Lipinski definition) is 5. The summed E-state index contributed by atoms with van der Waals surface area (Å²) in [7, 11) is 6.98. The molecule has 0 aliphatic heterocycles. The highest BCUT2D eigenvalue weighted by Crippen LogP contribution is 2.28. The average Bonchev–Trinajstić information content (AvgIpc) is 2.51. The zero-order valence-electron chi connectivity index (χ0n) is 14.1. The molecule has 0 heterocycles. The van der Waals surface area contributed by atoms with Crippen LogP contribution >= 0.6 is 0 Å². The summed E-state index contributed by atoms with van der Waals surface area (Å²) >= 11 is 0. The summed E-state index contributed by atoms with van der Waals surface area (Å²) in [4.78, 5) is 25.7. The molecule has 1 aromatic rings. The Morgan fingerprint density at radius 1 is 1.13 bits per heavy atom. The van der Waals surface area contributed by atoms with Crippen LogP contribution in [0.2, 0.25) is 0 Å². The van der Waals surface area contributed by atoms with Crippen molar-refractivity contribution in [3.8, 4) is 11.5 Å². The minimum atomic E-state index is -0.401. The van der Waals surface area contributed by atoms with Gasteiger partial charge in [0.25, 0.3) is 0 Å². The van der Waals surface area contributed by atoms with Crippen LogP contribution in [0.3, 0.4) is 0 Å². The van der Waals surface area contributed by atoms with Crippen molar-refractivity contribution in [3.63, 3.8) is 0 Å². The van der Waals surface area contributed by atoms with Gasteiger partial charge in [0, 0.05) is 12.6 Å². The molecule has 7 nitrogen and oxygen atoms in total. The molecule has 0 fully saturated rings. The molecule has 2 amide bonds. The lowest BCUT2D eigenvalue weighted by Gasteiger charge is -2.12. The minimum Gasteiger partial charge on any atom is -0.497 e. The first-order valence-corrected chi connectivity index (χ1v) is 7.39. The van der Waals surface area contributed by atoms with Crippen LogP contribution in [0.15, 0.2) is 18.2 Å². The van der Waals surface area contributed by atoms with Gasteiger partial charge in [-0.25, -0.2) is 0 Å². The summed E-state index contributed by atoms with van der Waals surface area (Å²) in [6.45, 7) is 1.43. The fourth-order valence-corrected chi connectivity index (χ4v) is 1.94. The van der Waals surface area contributed by atoms with Crippen LogP contribution in [-0.2, 0) is 9.59 Å². The monoisotopic (exact) mass is 323 g/mol. The van der Waals surface area contributed by atoms with Gasteiger partial charge in [0.15, 0.2) is 0 Å². The van der Waals surface area contributed by atoms with Gasteiger partial charge >= 0.3 is 0 Å². The molecule has 0 saturated carbocycles. The zero-order valence-corrected chi connectivity index (χ0v) is 14.1. The number of carbonyl (C=O) groups is 2. The molecule has 0 aromatic heterocycles. The Kier molecular flexibility index (Phi) is 7.90. The first-order chi connectivity index (χ1) is 11.0. The van der Waals surface area contributed by atoms with Crippen molar-refractivity contribution in [1.29, 1.82) is 0 Å². The Labute approximate surface area is 136 Å². The number of amides is 2. The molecule has 0 spiro atoms. The number of ether oxygens (including phenoxy) is 2. The third-order valence-corrected chi connectivity index (χ3v) is 3.11. The van der Waals surface area contributed by atoms with Crippen LogP contribution in [0, 0.1) is 0 Å². The van der Waals surface area contributed by atoms with E-state index in [4.69, 9.17) is 9.47 Å². The van der Waals surface area contributed by atoms with Crippen molar-refractivity contribution in [2.24, 2.45) is 0 Å².